The SMILES string of the molecule is Cc1ccc(CCN[C@H](c2ccccc2)[C@H]2CNc3cc(F)cnc3C2)cc1CC(=O)O. The predicted molar refractivity (Wildman–Crippen MR) is 123 cm³/mol. The van der Waals surface area contributed by atoms with Gasteiger partial charge in [0.25, 0.3) is 0 Å². The van der Waals surface area contributed by atoms with Crippen LogP contribution < -0.4 is 10.6 Å². The Kier molecular flexibility index (Phi) is 6.81. The summed E-state index contributed by atoms with van der Waals surface area (Å²) in [5.74, 6) is -0.873. The summed E-state index contributed by atoms with van der Waals surface area (Å²) in [6.07, 6.45) is 2.89. The van der Waals surface area contributed by atoms with Crippen LogP contribution >= 0.6 is 0 Å². The second-order valence-corrected chi connectivity index (χ2v) is 8.42. The third-order valence-electron chi connectivity index (χ3n) is 6.11. The van der Waals surface area contributed by atoms with E-state index in [4.69, 9.17) is 5.11 Å². The largest absolute Gasteiger partial charge is 0.481 e. The van der Waals surface area contributed by atoms with Crippen LogP contribution in [0.15, 0.2) is 60.8 Å². The van der Waals surface area contributed by atoms with Crippen molar-refractivity contribution in [2.75, 3.05) is 18.4 Å². The van der Waals surface area contributed by atoms with Crippen LogP contribution in [-0.2, 0) is 24.1 Å². The highest BCUT2D eigenvalue weighted by Gasteiger charge is 2.28. The minimum absolute atomic E-state index is 0.0422. The number of carbonyl (C=O) groups is 1. The normalized spacial score (nSPS) is 16.1. The minimum Gasteiger partial charge on any atom is -0.481 e. The molecule has 166 valence electrons. The monoisotopic (exact) mass is 433 g/mol. The van der Waals surface area contributed by atoms with Crippen LogP contribution in [0.5, 0.6) is 0 Å². The molecule has 4 rings (SSSR count). The molecule has 0 radical (unpaired) electrons. The molecule has 0 saturated heterocycles. The number of nitrogens with zero attached hydrogens (tertiary/aromatic N) is 1. The number of benzene rings is 2. The molecule has 0 amide bonds. The van der Waals surface area contributed by atoms with E-state index in [1.165, 1.54) is 17.8 Å². The van der Waals surface area contributed by atoms with Crippen molar-refractivity contribution in [3.8, 4) is 0 Å². The summed E-state index contributed by atoms with van der Waals surface area (Å²) in [6.45, 7) is 3.44. The number of hydrogen-bond acceptors (Lipinski definition) is 4. The number of nitrogens with one attached hydrogen (secondary N) is 2. The predicted octanol–water partition coefficient (Wildman–Crippen LogP) is 4.31. The summed E-state index contributed by atoms with van der Waals surface area (Å²) < 4.78 is 13.5. The Morgan fingerprint density at radius 1 is 1.25 bits per heavy atom. The molecule has 0 spiro atoms. The molecule has 3 N–H and O–H groups in total. The first-order valence-electron chi connectivity index (χ1n) is 11.0. The van der Waals surface area contributed by atoms with E-state index in [9.17, 15) is 9.18 Å². The lowest BCUT2D eigenvalue weighted by Gasteiger charge is -2.33. The molecular weight excluding hydrogens is 405 g/mol. The molecule has 0 saturated carbocycles. The van der Waals surface area contributed by atoms with Crippen LogP contribution in [0.2, 0.25) is 0 Å². The van der Waals surface area contributed by atoms with Gasteiger partial charge in [0, 0.05) is 24.6 Å². The van der Waals surface area contributed by atoms with Crippen molar-refractivity contribution in [3.05, 3.63) is 94.6 Å². The van der Waals surface area contributed by atoms with Crippen LogP contribution in [0.3, 0.4) is 0 Å². The van der Waals surface area contributed by atoms with Crippen LogP contribution in [0.4, 0.5) is 10.1 Å². The first-order valence-corrected chi connectivity index (χ1v) is 11.0. The Hall–Kier alpha value is -3.25. The van der Waals surface area contributed by atoms with E-state index in [0.717, 1.165) is 54.0 Å². The topological polar surface area (TPSA) is 74.2 Å². The van der Waals surface area contributed by atoms with E-state index >= 15 is 0 Å². The fraction of sp³-hybridized carbons (Fsp3) is 0.308. The van der Waals surface area contributed by atoms with Crippen molar-refractivity contribution in [3.63, 3.8) is 0 Å². The van der Waals surface area contributed by atoms with Crippen LogP contribution in [0, 0.1) is 18.7 Å². The van der Waals surface area contributed by atoms with Gasteiger partial charge in [0.2, 0.25) is 0 Å². The fourth-order valence-electron chi connectivity index (χ4n) is 4.40. The number of aromatic nitrogens is 1. The van der Waals surface area contributed by atoms with Gasteiger partial charge < -0.3 is 15.7 Å². The van der Waals surface area contributed by atoms with E-state index in [1.54, 1.807) is 0 Å². The third kappa shape index (κ3) is 5.32. The molecule has 1 aliphatic heterocycles. The molecule has 2 atom stereocenters. The summed E-state index contributed by atoms with van der Waals surface area (Å²) in [5, 5.41) is 16.2. The van der Waals surface area contributed by atoms with Crippen LogP contribution in [0.1, 0.15) is 34.0 Å². The quantitative estimate of drug-likeness (QED) is 0.494. The number of anilines is 1. The average molecular weight is 434 g/mol. The zero-order valence-electron chi connectivity index (χ0n) is 18.1. The maximum absolute atomic E-state index is 13.5. The number of fused-ring (bicyclic) bond motifs is 1. The highest BCUT2D eigenvalue weighted by molar-refractivity contribution is 5.70. The summed E-state index contributed by atoms with van der Waals surface area (Å²) in [6, 6.07) is 18.0. The maximum Gasteiger partial charge on any atom is 0.307 e. The summed E-state index contributed by atoms with van der Waals surface area (Å²) >= 11 is 0. The van der Waals surface area contributed by atoms with Gasteiger partial charge in [-0.05, 0) is 48.6 Å². The lowest BCUT2D eigenvalue weighted by molar-refractivity contribution is -0.136. The smallest absolute Gasteiger partial charge is 0.307 e. The summed E-state index contributed by atoms with van der Waals surface area (Å²) in [7, 11) is 0. The number of halogens is 1. The molecular formula is C26H28FN3O2. The number of aliphatic carboxylic acids is 1. The standard InChI is InChI=1S/C26H28FN3O2/c1-17-7-8-18(11-20(17)13-25(31)32)9-10-28-26(19-5-3-2-4-6-19)21-12-23-24(29-15-21)14-22(27)16-30-23/h2-8,11,14,16,21,26,28-29H,9-10,12-13,15H2,1H3,(H,31,32)/t21-,26-/m1/s1. The van der Waals surface area contributed by atoms with Gasteiger partial charge in [-0.25, -0.2) is 4.39 Å². The van der Waals surface area contributed by atoms with Gasteiger partial charge in [-0.3, -0.25) is 9.78 Å². The highest BCUT2D eigenvalue weighted by Crippen LogP contribution is 2.31. The van der Waals surface area contributed by atoms with Crippen LogP contribution in [-0.4, -0.2) is 29.1 Å². The first-order chi connectivity index (χ1) is 15.5. The Morgan fingerprint density at radius 2 is 2.06 bits per heavy atom. The minimum atomic E-state index is -0.814. The molecule has 5 nitrogen and oxygen atoms in total. The van der Waals surface area contributed by atoms with Gasteiger partial charge in [-0.2, -0.15) is 0 Å². The molecule has 1 aliphatic rings. The molecule has 2 heterocycles. The van der Waals surface area contributed by atoms with Crippen LogP contribution in [0.25, 0.3) is 0 Å². The molecule has 0 fully saturated rings. The molecule has 0 aliphatic carbocycles. The van der Waals surface area contributed by atoms with Crippen molar-refractivity contribution in [2.45, 2.75) is 32.2 Å². The maximum atomic E-state index is 13.5. The molecule has 1 aromatic heterocycles. The highest BCUT2D eigenvalue weighted by atomic mass is 19.1. The Labute approximate surface area is 187 Å². The Bertz CT molecular complexity index is 1090. The van der Waals surface area contributed by atoms with Gasteiger partial charge in [-0.1, -0.05) is 48.5 Å². The zero-order valence-corrected chi connectivity index (χ0v) is 18.1. The lowest BCUT2D eigenvalue weighted by Crippen LogP contribution is -2.37. The van der Waals surface area contributed by atoms with E-state index in [2.05, 4.69) is 33.8 Å². The first kappa shape index (κ1) is 22.0. The van der Waals surface area contributed by atoms with Crippen molar-refractivity contribution >= 4 is 11.7 Å². The average Bonchev–Trinajstić information content (AvgIpc) is 2.79. The summed E-state index contributed by atoms with van der Waals surface area (Å²) in [5.41, 5.74) is 5.86. The van der Waals surface area contributed by atoms with Gasteiger partial charge >= 0.3 is 5.97 Å². The van der Waals surface area contributed by atoms with Gasteiger partial charge in [0.15, 0.2) is 0 Å². The number of carboxylic acids is 1. The van der Waals surface area contributed by atoms with Gasteiger partial charge in [0.05, 0.1) is 24.0 Å². The van der Waals surface area contributed by atoms with E-state index in [-0.39, 0.29) is 24.2 Å². The Balaban J connectivity index is 1.47. The molecule has 3 aromatic rings. The van der Waals surface area contributed by atoms with Gasteiger partial charge in [0.1, 0.15) is 5.82 Å². The van der Waals surface area contributed by atoms with E-state index < -0.39 is 5.97 Å². The van der Waals surface area contributed by atoms with Crippen molar-refractivity contribution in [1.82, 2.24) is 10.3 Å². The summed E-state index contributed by atoms with van der Waals surface area (Å²) in [4.78, 5) is 15.4. The lowest BCUT2D eigenvalue weighted by atomic mass is 9.86. The zero-order chi connectivity index (χ0) is 22.5. The van der Waals surface area contributed by atoms with E-state index in [0.29, 0.717) is 0 Å². The van der Waals surface area contributed by atoms with Gasteiger partial charge in [-0.15, -0.1) is 0 Å². The van der Waals surface area contributed by atoms with Crippen molar-refractivity contribution in [2.24, 2.45) is 5.92 Å². The molecule has 0 unspecified atom stereocenters. The van der Waals surface area contributed by atoms with Crippen molar-refractivity contribution < 1.29 is 14.3 Å². The van der Waals surface area contributed by atoms with E-state index in [1.807, 2.05) is 37.3 Å². The number of carboxylic acid groups (broad SMARTS) is 1. The number of pyridine rings is 1. The molecule has 6 heteroatoms. The molecule has 0 bridgehead atoms. The third-order valence-corrected chi connectivity index (χ3v) is 6.11. The second kappa shape index (κ2) is 9.92. The number of aryl methyl sites for hydroxylation is 1. The number of rotatable bonds is 8. The Morgan fingerprint density at radius 3 is 2.84 bits per heavy atom. The molecule has 32 heavy (non-hydrogen) atoms. The van der Waals surface area contributed by atoms with Crippen molar-refractivity contribution in [1.29, 1.82) is 0 Å². The second-order valence-electron chi connectivity index (χ2n) is 8.42. The fourth-order valence-corrected chi connectivity index (χ4v) is 4.40. The molecule has 2 aromatic carbocycles. The number of hydrogen-bond donors (Lipinski definition) is 3.